The average molecular weight is 306 g/mol. The Morgan fingerprint density at radius 2 is 2.23 bits per heavy atom. The van der Waals surface area contributed by atoms with E-state index in [2.05, 4.69) is 20.6 Å². The lowest BCUT2D eigenvalue weighted by Gasteiger charge is -2.23. The highest BCUT2D eigenvalue weighted by Gasteiger charge is 2.27. The summed E-state index contributed by atoms with van der Waals surface area (Å²) in [5, 5.41) is 6.42. The Labute approximate surface area is 132 Å². The summed E-state index contributed by atoms with van der Waals surface area (Å²) in [6.45, 7) is 6.99. The Balaban J connectivity index is 1.75. The van der Waals surface area contributed by atoms with Crippen LogP contribution in [0.5, 0.6) is 0 Å². The first kappa shape index (κ1) is 16.7. The molecule has 0 aromatic carbocycles. The van der Waals surface area contributed by atoms with E-state index in [0.717, 1.165) is 25.1 Å². The largest absolute Gasteiger partial charge is 0.444 e. The van der Waals surface area contributed by atoms with Crippen LogP contribution < -0.4 is 10.6 Å². The molecule has 1 heterocycles. The molecule has 1 aromatic rings. The first-order valence-electron chi connectivity index (χ1n) is 7.89. The lowest BCUT2D eigenvalue weighted by atomic mass is 10.0. The van der Waals surface area contributed by atoms with Crippen molar-refractivity contribution < 1.29 is 9.53 Å². The van der Waals surface area contributed by atoms with E-state index in [9.17, 15) is 4.79 Å². The topological polar surface area (TPSA) is 76.1 Å². The number of aromatic nitrogens is 2. The van der Waals surface area contributed by atoms with Crippen LogP contribution in [0.15, 0.2) is 18.6 Å². The summed E-state index contributed by atoms with van der Waals surface area (Å²) in [6.07, 6.45) is 6.41. The third-order valence-corrected chi connectivity index (χ3v) is 3.76. The number of ether oxygens (including phenoxy) is 1. The van der Waals surface area contributed by atoms with Crippen molar-refractivity contribution in [3.63, 3.8) is 0 Å². The standard InChI is InChI=1S/C16H26N4O2/c1-16(2,3)22-15(21)19-9-12-5-4-6-14(12)18-10-13-7-8-17-11-20-13/h7-8,11-12,14,18H,4-6,9-10H2,1-3H3,(H,19,21). The van der Waals surface area contributed by atoms with Crippen molar-refractivity contribution >= 4 is 6.09 Å². The monoisotopic (exact) mass is 306 g/mol. The molecular weight excluding hydrogens is 280 g/mol. The van der Waals surface area contributed by atoms with Gasteiger partial charge in [0.05, 0.1) is 5.69 Å². The predicted molar refractivity (Wildman–Crippen MR) is 84.2 cm³/mol. The predicted octanol–water partition coefficient (Wildman–Crippen LogP) is 2.26. The summed E-state index contributed by atoms with van der Waals surface area (Å²) in [6, 6.07) is 2.32. The molecule has 1 aliphatic rings. The quantitative estimate of drug-likeness (QED) is 0.872. The van der Waals surface area contributed by atoms with E-state index in [1.807, 2.05) is 26.8 Å². The van der Waals surface area contributed by atoms with E-state index in [0.29, 0.717) is 18.5 Å². The van der Waals surface area contributed by atoms with Crippen molar-refractivity contribution in [3.05, 3.63) is 24.3 Å². The highest BCUT2D eigenvalue weighted by Crippen LogP contribution is 2.25. The van der Waals surface area contributed by atoms with Gasteiger partial charge in [0.2, 0.25) is 0 Å². The van der Waals surface area contributed by atoms with Crippen molar-refractivity contribution in [1.29, 1.82) is 0 Å². The molecule has 2 atom stereocenters. The lowest BCUT2D eigenvalue weighted by molar-refractivity contribution is 0.0517. The molecule has 2 rings (SSSR count). The van der Waals surface area contributed by atoms with Gasteiger partial charge in [-0.1, -0.05) is 6.42 Å². The van der Waals surface area contributed by atoms with Gasteiger partial charge in [-0.25, -0.2) is 14.8 Å². The van der Waals surface area contributed by atoms with E-state index in [1.165, 1.54) is 6.42 Å². The lowest BCUT2D eigenvalue weighted by Crippen LogP contribution is -2.40. The molecule has 1 aromatic heterocycles. The molecule has 6 heteroatoms. The molecule has 1 amide bonds. The van der Waals surface area contributed by atoms with Crippen LogP contribution in [0.2, 0.25) is 0 Å². The molecule has 22 heavy (non-hydrogen) atoms. The third kappa shape index (κ3) is 5.60. The van der Waals surface area contributed by atoms with Gasteiger partial charge < -0.3 is 15.4 Å². The fraction of sp³-hybridized carbons (Fsp3) is 0.688. The van der Waals surface area contributed by atoms with E-state index in [-0.39, 0.29) is 6.09 Å². The smallest absolute Gasteiger partial charge is 0.407 e. The second-order valence-electron chi connectivity index (χ2n) is 6.76. The summed E-state index contributed by atoms with van der Waals surface area (Å²) in [5.41, 5.74) is 0.533. The maximum absolute atomic E-state index is 11.7. The number of amides is 1. The Hall–Kier alpha value is -1.69. The number of alkyl carbamates (subject to hydrolysis) is 1. The first-order valence-corrected chi connectivity index (χ1v) is 7.89. The Kier molecular flexibility index (Phi) is 5.71. The highest BCUT2D eigenvalue weighted by atomic mass is 16.6. The Bertz CT molecular complexity index is 473. The molecule has 2 unspecified atom stereocenters. The molecule has 0 saturated heterocycles. The fourth-order valence-corrected chi connectivity index (χ4v) is 2.74. The molecule has 1 fully saturated rings. The van der Waals surface area contributed by atoms with Crippen LogP contribution in [0.3, 0.4) is 0 Å². The molecule has 0 aliphatic heterocycles. The molecule has 2 N–H and O–H groups in total. The number of hydrogen-bond acceptors (Lipinski definition) is 5. The van der Waals surface area contributed by atoms with E-state index >= 15 is 0 Å². The van der Waals surface area contributed by atoms with Gasteiger partial charge in [-0.05, 0) is 45.6 Å². The van der Waals surface area contributed by atoms with Crippen LogP contribution in [0.4, 0.5) is 4.79 Å². The maximum Gasteiger partial charge on any atom is 0.407 e. The highest BCUT2D eigenvalue weighted by molar-refractivity contribution is 5.67. The van der Waals surface area contributed by atoms with Crippen molar-refractivity contribution in [2.45, 2.75) is 58.2 Å². The van der Waals surface area contributed by atoms with Crippen LogP contribution in [-0.2, 0) is 11.3 Å². The van der Waals surface area contributed by atoms with Crippen LogP contribution in [0.25, 0.3) is 0 Å². The molecular formula is C16H26N4O2. The zero-order valence-electron chi connectivity index (χ0n) is 13.6. The molecule has 1 saturated carbocycles. The van der Waals surface area contributed by atoms with Crippen molar-refractivity contribution in [3.8, 4) is 0 Å². The van der Waals surface area contributed by atoms with Gasteiger partial charge in [-0.15, -0.1) is 0 Å². The summed E-state index contributed by atoms with van der Waals surface area (Å²) in [7, 11) is 0. The number of hydrogen-bond donors (Lipinski definition) is 2. The Morgan fingerprint density at radius 3 is 2.91 bits per heavy atom. The van der Waals surface area contributed by atoms with Crippen LogP contribution >= 0.6 is 0 Å². The zero-order valence-corrected chi connectivity index (χ0v) is 13.6. The van der Waals surface area contributed by atoms with Crippen LogP contribution in [0, 0.1) is 5.92 Å². The second-order valence-corrected chi connectivity index (χ2v) is 6.76. The van der Waals surface area contributed by atoms with Gasteiger partial charge in [0, 0.05) is 25.3 Å². The van der Waals surface area contributed by atoms with Gasteiger partial charge >= 0.3 is 6.09 Å². The van der Waals surface area contributed by atoms with Gasteiger partial charge in [0.25, 0.3) is 0 Å². The summed E-state index contributed by atoms with van der Waals surface area (Å²) >= 11 is 0. The van der Waals surface area contributed by atoms with Crippen LogP contribution in [0.1, 0.15) is 45.7 Å². The minimum atomic E-state index is -0.454. The summed E-state index contributed by atoms with van der Waals surface area (Å²) in [4.78, 5) is 19.9. The van der Waals surface area contributed by atoms with E-state index < -0.39 is 5.60 Å². The number of carbonyl (C=O) groups is 1. The normalized spacial score (nSPS) is 21.6. The average Bonchev–Trinajstić information content (AvgIpc) is 2.90. The molecule has 6 nitrogen and oxygen atoms in total. The third-order valence-electron chi connectivity index (χ3n) is 3.76. The molecule has 0 spiro atoms. The number of carbonyl (C=O) groups excluding carboxylic acids is 1. The number of nitrogens with zero attached hydrogens (tertiary/aromatic N) is 2. The van der Waals surface area contributed by atoms with Crippen molar-refractivity contribution in [2.24, 2.45) is 5.92 Å². The minimum absolute atomic E-state index is 0.339. The SMILES string of the molecule is CC(C)(C)OC(=O)NCC1CCCC1NCc1ccncn1. The van der Waals surface area contributed by atoms with E-state index in [4.69, 9.17) is 4.74 Å². The van der Waals surface area contributed by atoms with Crippen molar-refractivity contribution in [1.82, 2.24) is 20.6 Å². The van der Waals surface area contributed by atoms with E-state index in [1.54, 1.807) is 12.5 Å². The fourth-order valence-electron chi connectivity index (χ4n) is 2.74. The van der Waals surface area contributed by atoms with Gasteiger partial charge in [0.1, 0.15) is 11.9 Å². The molecule has 0 bridgehead atoms. The molecule has 1 aliphatic carbocycles. The number of nitrogens with one attached hydrogen (secondary N) is 2. The molecule has 122 valence electrons. The van der Waals surface area contributed by atoms with Gasteiger partial charge in [-0.2, -0.15) is 0 Å². The minimum Gasteiger partial charge on any atom is -0.444 e. The van der Waals surface area contributed by atoms with Gasteiger partial charge in [0.15, 0.2) is 0 Å². The maximum atomic E-state index is 11.7. The zero-order chi connectivity index (χ0) is 16.0. The van der Waals surface area contributed by atoms with Crippen LogP contribution in [-0.4, -0.2) is 34.2 Å². The van der Waals surface area contributed by atoms with Crippen molar-refractivity contribution in [2.75, 3.05) is 6.54 Å². The summed E-state index contributed by atoms with van der Waals surface area (Å²) < 4.78 is 5.27. The summed E-state index contributed by atoms with van der Waals surface area (Å²) in [5.74, 6) is 0.439. The van der Waals surface area contributed by atoms with Gasteiger partial charge in [-0.3, -0.25) is 0 Å². The Morgan fingerprint density at radius 1 is 1.41 bits per heavy atom. The first-order chi connectivity index (χ1) is 10.4. The second kappa shape index (κ2) is 7.54. The number of rotatable bonds is 5. The molecule has 0 radical (unpaired) electrons.